The minimum atomic E-state index is -3.22. The minimum absolute atomic E-state index is 0.00832. The minimum Gasteiger partial charge on any atom is -0.382 e. The topological polar surface area (TPSA) is 109 Å². The van der Waals surface area contributed by atoms with Crippen LogP contribution in [0.5, 0.6) is 0 Å². The molecule has 0 spiro atoms. The Labute approximate surface area is 111 Å². The number of hydrogen-bond donors (Lipinski definition) is 3. The third-order valence-corrected chi connectivity index (χ3v) is 5.01. The molecule has 19 heavy (non-hydrogen) atoms. The summed E-state index contributed by atoms with van der Waals surface area (Å²) < 4.78 is 23.8. The SMILES string of the molecule is NC(=O)C(O)CNC1CCS(=O)(=O)c2ccccc21. The van der Waals surface area contributed by atoms with Crippen molar-refractivity contribution in [1.82, 2.24) is 5.32 Å². The normalized spacial score (nSPS) is 22.5. The lowest BCUT2D eigenvalue weighted by atomic mass is 10.0. The van der Waals surface area contributed by atoms with Gasteiger partial charge in [0, 0.05) is 12.6 Å². The molecule has 1 aromatic rings. The molecule has 0 aliphatic carbocycles. The summed E-state index contributed by atoms with van der Waals surface area (Å²) in [4.78, 5) is 11.1. The summed E-state index contributed by atoms with van der Waals surface area (Å²) in [5.74, 6) is -0.752. The number of benzene rings is 1. The number of nitrogens with one attached hydrogen (secondary N) is 1. The van der Waals surface area contributed by atoms with Crippen LogP contribution in [0.4, 0.5) is 0 Å². The molecule has 1 aliphatic rings. The van der Waals surface area contributed by atoms with Crippen molar-refractivity contribution >= 4 is 15.7 Å². The average Bonchev–Trinajstić information content (AvgIpc) is 2.37. The third kappa shape index (κ3) is 2.94. The molecule has 0 bridgehead atoms. The number of hydrogen-bond acceptors (Lipinski definition) is 5. The number of sulfone groups is 1. The first-order chi connectivity index (χ1) is 8.92. The fourth-order valence-electron chi connectivity index (χ4n) is 2.16. The van der Waals surface area contributed by atoms with Gasteiger partial charge in [-0.1, -0.05) is 18.2 Å². The largest absolute Gasteiger partial charge is 0.382 e. The first-order valence-corrected chi connectivity index (χ1v) is 7.59. The Bertz CT molecular complexity index is 585. The second-order valence-electron chi connectivity index (χ2n) is 4.52. The molecular formula is C12H16N2O4S. The second-order valence-corrected chi connectivity index (χ2v) is 6.60. The number of primary amides is 1. The Morgan fingerprint density at radius 2 is 2.16 bits per heavy atom. The van der Waals surface area contributed by atoms with Crippen molar-refractivity contribution in [3.63, 3.8) is 0 Å². The standard InChI is InChI=1S/C12H16N2O4S/c13-12(16)10(15)7-14-9-5-6-19(17,18)11-4-2-1-3-8(9)11/h1-4,9-10,14-15H,5-7H2,(H2,13,16). The van der Waals surface area contributed by atoms with Crippen molar-refractivity contribution in [3.05, 3.63) is 29.8 Å². The van der Waals surface area contributed by atoms with E-state index in [1.54, 1.807) is 24.3 Å². The number of aliphatic hydroxyl groups is 1. The highest BCUT2D eigenvalue weighted by Gasteiger charge is 2.30. The molecule has 6 nitrogen and oxygen atoms in total. The first-order valence-electron chi connectivity index (χ1n) is 5.94. The van der Waals surface area contributed by atoms with Gasteiger partial charge in [0.05, 0.1) is 10.6 Å². The molecule has 2 unspecified atom stereocenters. The van der Waals surface area contributed by atoms with Gasteiger partial charge in [-0.2, -0.15) is 0 Å². The average molecular weight is 284 g/mol. The van der Waals surface area contributed by atoms with Crippen LogP contribution in [0, 0.1) is 0 Å². The highest BCUT2D eigenvalue weighted by molar-refractivity contribution is 7.91. The Balaban J connectivity index is 2.19. The molecule has 1 heterocycles. The summed E-state index contributed by atoms with van der Waals surface area (Å²) in [5, 5.41) is 12.3. The van der Waals surface area contributed by atoms with Gasteiger partial charge in [0.25, 0.3) is 0 Å². The van der Waals surface area contributed by atoms with Crippen LogP contribution >= 0.6 is 0 Å². The van der Waals surface area contributed by atoms with Gasteiger partial charge in [0.2, 0.25) is 5.91 Å². The lowest BCUT2D eigenvalue weighted by Gasteiger charge is -2.26. The third-order valence-electron chi connectivity index (χ3n) is 3.19. The van der Waals surface area contributed by atoms with Crippen LogP contribution in [0.1, 0.15) is 18.0 Å². The van der Waals surface area contributed by atoms with E-state index >= 15 is 0 Å². The second kappa shape index (κ2) is 5.28. The Morgan fingerprint density at radius 3 is 2.84 bits per heavy atom. The van der Waals surface area contributed by atoms with Gasteiger partial charge in [-0.3, -0.25) is 4.79 Å². The number of aliphatic hydroxyl groups excluding tert-OH is 1. The highest BCUT2D eigenvalue weighted by atomic mass is 32.2. The van der Waals surface area contributed by atoms with Gasteiger partial charge in [-0.15, -0.1) is 0 Å². The maximum Gasteiger partial charge on any atom is 0.247 e. The van der Waals surface area contributed by atoms with Crippen molar-refractivity contribution < 1.29 is 18.3 Å². The van der Waals surface area contributed by atoms with Crippen molar-refractivity contribution in [3.8, 4) is 0 Å². The molecule has 1 aliphatic heterocycles. The maximum atomic E-state index is 11.9. The van der Waals surface area contributed by atoms with E-state index < -0.39 is 21.8 Å². The summed E-state index contributed by atoms with van der Waals surface area (Å²) in [7, 11) is -3.22. The lowest BCUT2D eigenvalue weighted by molar-refractivity contribution is -0.125. The predicted octanol–water partition coefficient (Wildman–Crippen LogP) is -0.659. The molecule has 1 amide bonds. The van der Waals surface area contributed by atoms with Gasteiger partial charge in [-0.25, -0.2) is 8.42 Å². The zero-order chi connectivity index (χ0) is 14.0. The van der Waals surface area contributed by atoms with Crippen molar-refractivity contribution in [2.24, 2.45) is 5.73 Å². The number of rotatable bonds is 4. The zero-order valence-corrected chi connectivity index (χ0v) is 11.1. The van der Waals surface area contributed by atoms with Crippen LogP contribution in [0.25, 0.3) is 0 Å². The number of fused-ring (bicyclic) bond motifs is 1. The molecule has 0 saturated carbocycles. The van der Waals surface area contributed by atoms with Crippen LogP contribution in [-0.4, -0.2) is 37.8 Å². The molecule has 0 radical (unpaired) electrons. The Kier molecular flexibility index (Phi) is 3.88. The first kappa shape index (κ1) is 14.0. The fourth-order valence-corrected chi connectivity index (χ4v) is 3.78. The van der Waals surface area contributed by atoms with E-state index in [2.05, 4.69) is 5.32 Å². The van der Waals surface area contributed by atoms with Crippen LogP contribution < -0.4 is 11.1 Å². The van der Waals surface area contributed by atoms with E-state index in [9.17, 15) is 18.3 Å². The number of amides is 1. The van der Waals surface area contributed by atoms with E-state index in [1.807, 2.05) is 0 Å². The van der Waals surface area contributed by atoms with E-state index in [1.165, 1.54) is 0 Å². The quantitative estimate of drug-likeness (QED) is 0.680. The van der Waals surface area contributed by atoms with Gasteiger partial charge in [0.15, 0.2) is 9.84 Å². The molecule has 0 fully saturated rings. The summed E-state index contributed by atoms with van der Waals surface area (Å²) in [6.07, 6.45) is -0.865. The molecule has 0 saturated heterocycles. The van der Waals surface area contributed by atoms with E-state index in [4.69, 9.17) is 5.73 Å². The monoisotopic (exact) mass is 284 g/mol. The summed E-state index contributed by atoms with van der Waals surface area (Å²) >= 11 is 0. The molecule has 2 atom stereocenters. The van der Waals surface area contributed by atoms with Crippen molar-refractivity contribution in [2.75, 3.05) is 12.3 Å². The van der Waals surface area contributed by atoms with E-state index in [-0.39, 0.29) is 18.3 Å². The molecule has 104 valence electrons. The molecular weight excluding hydrogens is 268 g/mol. The van der Waals surface area contributed by atoms with Gasteiger partial charge in [-0.05, 0) is 18.1 Å². The number of nitrogens with two attached hydrogens (primary N) is 1. The van der Waals surface area contributed by atoms with Gasteiger partial charge >= 0.3 is 0 Å². The fraction of sp³-hybridized carbons (Fsp3) is 0.417. The molecule has 7 heteroatoms. The van der Waals surface area contributed by atoms with E-state index in [0.29, 0.717) is 16.9 Å². The highest BCUT2D eigenvalue weighted by Crippen LogP contribution is 2.31. The van der Waals surface area contributed by atoms with Gasteiger partial charge < -0.3 is 16.2 Å². The maximum absolute atomic E-state index is 11.9. The van der Waals surface area contributed by atoms with Gasteiger partial charge in [0.1, 0.15) is 6.10 Å². The lowest BCUT2D eigenvalue weighted by Crippen LogP contribution is -2.40. The molecule has 1 aromatic carbocycles. The molecule has 4 N–H and O–H groups in total. The summed E-state index contributed by atoms with van der Waals surface area (Å²) in [5.41, 5.74) is 5.64. The van der Waals surface area contributed by atoms with Crippen molar-refractivity contribution in [1.29, 1.82) is 0 Å². The van der Waals surface area contributed by atoms with E-state index in [0.717, 1.165) is 0 Å². The van der Waals surface area contributed by atoms with Crippen LogP contribution in [0.2, 0.25) is 0 Å². The molecule has 0 aromatic heterocycles. The Morgan fingerprint density at radius 1 is 1.47 bits per heavy atom. The van der Waals surface area contributed by atoms with Crippen LogP contribution in [-0.2, 0) is 14.6 Å². The van der Waals surface area contributed by atoms with Crippen LogP contribution in [0.15, 0.2) is 29.2 Å². The summed E-state index contributed by atoms with van der Waals surface area (Å²) in [6.45, 7) is 0.00832. The van der Waals surface area contributed by atoms with Crippen molar-refractivity contribution in [2.45, 2.75) is 23.5 Å². The smallest absolute Gasteiger partial charge is 0.247 e. The zero-order valence-electron chi connectivity index (χ0n) is 10.2. The van der Waals surface area contributed by atoms with Crippen LogP contribution in [0.3, 0.4) is 0 Å². The number of carbonyl (C=O) groups is 1. The predicted molar refractivity (Wildman–Crippen MR) is 69.1 cm³/mol. The number of carbonyl (C=O) groups excluding carboxylic acids is 1. The molecule has 2 rings (SSSR count). The summed E-state index contributed by atoms with van der Waals surface area (Å²) in [6, 6.07) is 6.55. The Hall–Kier alpha value is -1.44.